The number of rotatable bonds is 5. The molecule has 0 saturated heterocycles. The number of amides is 3. The van der Waals surface area contributed by atoms with Gasteiger partial charge in [-0.25, -0.2) is 9.78 Å². The highest BCUT2D eigenvalue weighted by Crippen LogP contribution is 2.27. The molecule has 0 bridgehead atoms. The molecule has 0 atom stereocenters. The van der Waals surface area contributed by atoms with Gasteiger partial charge in [0.25, 0.3) is 5.91 Å². The van der Waals surface area contributed by atoms with Crippen molar-refractivity contribution in [2.75, 3.05) is 17.7 Å². The second-order valence-corrected chi connectivity index (χ2v) is 7.21. The number of carbonyl (C=O) groups is 2. The van der Waals surface area contributed by atoms with E-state index in [1.54, 1.807) is 60.4 Å². The lowest BCUT2D eigenvalue weighted by Gasteiger charge is -2.20. The second-order valence-electron chi connectivity index (χ2n) is 6.08. The summed E-state index contributed by atoms with van der Waals surface area (Å²) in [6.07, 6.45) is 0. The van der Waals surface area contributed by atoms with Crippen LogP contribution in [0.15, 0.2) is 53.4 Å². The average molecular weight is 426 g/mol. The summed E-state index contributed by atoms with van der Waals surface area (Å²) < 4.78 is 0. The van der Waals surface area contributed by atoms with Crippen LogP contribution in [-0.4, -0.2) is 28.9 Å². The van der Waals surface area contributed by atoms with E-state index < -0.39 is 0 Å². The smallest absolute Gasteiger partial charge is 0.321 e. The number of nitrogens with one attached hydrogen (secondary N) is 2. The maximum Gasteiger partial charge on any atom is 0.321 e. The highest BCUT2D eigenvalue weighted by atomic mass is 35.5. The lowest BCUT2D eigenvalue weighted by molar-refractivity contribution is 0.102. The van der Waals surface area contributed by atoms with Crippen molar-refractivity contribution in [3.8, 4) is 6.07 Å². The zero-order valence-electron chi connectivity index (χ0n) is 15.3. The van der Waals surface area contributed by atoms with Crippen molar-refractivity contribution < 1.29 is 9.59 Å². The van der Waals surface area contributed by atoms with Crippen LogP contribution in [0.4, 0.5) is 16.2 Å². The molecule has 0 unspecified atom stereocenters. The van der Waals surface area contributed by atoms with Crippen LogP contribution >= 0.6 is 22.9 Å². The van der Waals surface area contributed by atoms with Gasteiger partial charge in [-0.1, -0.05) is 29.8 Å². The minimum Gasteiger partial charge on any atom is -0.323 e. The molecule has 2 aromatic carbocycles. The number of halogens is 1. The highest BCUT2D eigenvalue weighted by Gasteiger charge is 2.17. The Hall–Kier alpha value is -3.41. The summed E-state index contributed by atoms with van der Waals surface area (Å²) in [6.45, 7) is 0.205. The van der Waals surface area contributed by atoms with Crippen molar-refractivity contribution >= 4 is 46.3 Å². The number of hydrogen-bond acceptors (Lipinski definition) is 5. The Morgan fingerprint density at radius 2 is 2.03 bits per heavy atom. The molecule has 3 aromatic rings. The van der Waals surface area contributed by atoms with Crippen molar-refractivity contribution in [3.05, 3.63) is 75.2 Å². The number of anilines is 2. The summed E-state index contributed by atoms with van der Waals surface area (Å²) in [5.74, 6) is -0.374. The summed E-state index contributed by atoms with van der Waals surface area (Å²) in [4.78, 5) is 30.3. The molecule has 7 nitrogen and oxygen atoms in total. The van der Waals surface area contributed by atoms with E-state index in [2.05, 4.69) is 15.6 Å². The second kappa shape index (κ2) is 9.19. The normalized spacial score (nSPS) is 10.1. The first-order chi connectivity index (χ1) is 14.0. The Bertz CT molecular complexity index is 1080. The number of aromatic nitrogens is 1. The fourth-order valence-electron chi connectivity index (χ4n) is 2.56. The third-order valence-corrected chi connectivity index (χ3v) is 4.90. The van der Waals surface area contributed by atoms with Gasteiger partial charge < -0.3 is 15.5 Å². The largest absolute Gasteiger partial charge is 0.323 e. The molecule has 0 fully saturated rings. The zero-order valence-corrected chi connectivity index (χ0v) is 16.9. The van der Waals surface area contributed by atoms with Crippen LogP contribution in [0.3, 0.4) is 0 Å². The summed E-state index contributed by atoms with van der Waals surface area (Å²) >= 11 is 7.60. The van der Waals surface area contributed by atoms with Gasteiger partial charge in [0.2, 0.25) is 0 Å². The van der Waals surface area contributed by atoms with Crippen molar-refractivity contribution in [3.63, 3.8) is 0 Å². The van der Waals surface area contributed by atoms with Gasteiger partial charge in [0.15, 0.2) is 0 Å². The fraction of sp³-hybridized carbons (Fsp3) is 0.100. The quantitative estimate of drug-likeness (QED) is 0.624. The van der Waals surface area contributed by atoms with Gasteiger partial charge in [-0.05, 0) is 29.8 Å². The minimum absolute atomic E-state index is 0.205. The van der Waals surface area contributed by atoms with E-state index in [0.29, 0.717) is 33.2 Å². The van der Waals surface area contributed by atoms with Gasteiger partial charge >= 0.3 is 6.03 Å². The number of hydrogen-bond donors (Lipinski definition) is 2. The van der Waals surface area contributed by atoms with Crippen LogP contribution in [0.5, 0.6) is 0 Å². The monoisotopic (exact) mass is 425 g/mol. The Balaban J connectivity index is 1.73. The van der Waals surface area contributed by atoms with Crippen molar-refractivity contribution in [1.29, 1.82) is 5.26 Å². The van der Waals surface area contributed by atoms with Crippen molar-refractivity contribution in [2.24, 2.45) is 0 Å². The third-order valence-electron chi connectivity index (χ3n) is 4.00. The number of urea groups is 1. The van der Waals surface area contributed by atoms with E-state index >= 15 is 0 Å². The van der Waals surface area contributed by atoms with Crippen LogP contribution < -0.4 is 10.6 Å². The third kappa shape index (κ3) is 5.10. The first-order valence-corrected chi connectivity index (χ1v) is 9.79. The van der Waals surface area contributed by atoms with Gasteiger partial charge in [0, 0.05) is 24.7 Å². The zero-order chi connectivity index (χ0) is 20.8. The minimum atomic E-state index is -0.374. The molecule has 0 spiro atoms. The Morgan fingerprint density at radius 1 is 1.24 bits per heavy atom. The summed E-state index contributed by atoms with van der Waals surface area (Å²) in [7, 11) is 1.62. The lowest BCUT2D eigenvalue weighted by atomic mass is 10.1. The predicted octanol–water partition coefficient (Wildman–Crippen LogP) is 4.58. The molecule has 0 radical (unpaired) electrons. The lowest BCUT2D eigenvalue weighted by Crippen LogP contribution is -2.31. The van der Waals surface area contributed by atoms with Gasteiger partial charge in [-0.15, -0.1) is 11.3 Å². The standard InChI is InChI=1S/C20H16ClN5O2S/c1-26(20(28)24-15-6-2-4-13(8-15)9-22)10-14-5-3-7-16(21)18(14)25-19(27)17-11-29-12-23-17/h2-8,11-12H,10H2,1H3,(H,24,28)(H,25,27). The molecule has 0 aliphatic rings. The SMILES string of the molecule is CN(Cc1cccc(Cl)c1NC(=O)c1cscn1)C(=O)Nc1cccc(C#N)c1. The fourth-order valence-corrected chi connectivity index (χ4v) is 3.33. The molecule has 2 N–H and O–H groups in total. The Morgan fingerprint density at radius 3 is 2.76 bits per heavy atom. The Kier molecular flexibility index (Phi) is 6.44. The molecule has 0 aliphatic carbocycles. The van der Waals surface area contributed by atoms with Gasteiger partial charge in [0.1, 0.15) is 5.69 Å². The van der Waals surface area contributed by atoms with Gasteiger partial charge in [-0.2, -0.15) is 5.26 Å². The number of nitrogens with zero attached hydrogens (tertiary/aromatic N) is 3. The molecule has 146 valence electrons. The first kappa shape index (κ1) is 20.3. The summed E-state index contributed by atoms with van der Waals surface area (Å²) in [5, 5.41) is 16.5. The molecule has 3 amide bonds. The molecule has 29 heavy (non-hydrogen) atoms. The number of thiazole rings is 1. The van der Waals surface area contributed by atoms with E-state index in [-0.39, 0.29) is 18.5 Å². The molecular formula is C20H16ClN5O2S. The highest BCUT2D eigenvalue weighted by molar-refractivity contribution is 7.07. The van der Waals surface area contributed by atoms with E-state index in [1.165, 1.54) is 16.2 Å². The summed E-state index contributed by atoms with van der Waals surface area (Å²) in [6, 6.07) is 13.5. The van der Waals surface area contributed by atoms with Crippen molar-refractivity contribution in [2.45, 2.75) is 6.54 Å². The number of para-hydroxylation sites is 1. The predicted molar refractivity (Wildman–Crippen MR) is 113 cm³/mol. The topological polar surface area (TPSA) is 98.1 Å². The van der Waals surface area contributed by atoms with Crippen LogP contribution in [0, 0.1) is 11.3 Å². The summed E-state index contributed by atoms with van der Waals surface area (Å²) in [5.41, 5.74) is 3.94. The van der Waals surface area contributed by atoms with E-state index in [1.807, 2.05) is 6.07 Å². The van der Waals surface area contributed by atoms with Crippen LogP contribution in [-0.2, 0) is 6.54 Å². The number of benzene rings is 2. The van der Waals surface area contributed by atoms with Crippen LogP contribution in [0.1, 0.15) is 21.6 Å². The average Bonchev–Trinajstić information content (AvgIpc) is 3.25. The van der Waals surface area contributed by atoms with Gasteiger partial charge in [-0.3, -0.25) is 4.79 Å². The van der Waals surface area contributed by atoms with E-state index in [0.717, 1.165) is 0 Å². The van der Waals surface area contributed by atoms with Crippen LogP contribution in [0.2, 0.25) is 5.02 Å². The first-order valence-electron chi connectivity index (χ1n) is 8.47. The number of carbonyl (C=O) groups excluding carboxylic acids is 2. The molecular weight excluding hydrogens is 410 g/mol. The maximum atomic E-state index is 12.5. The Labute approximate surface area is 176 Å². The van der Waals surface area contributed by atoms with Crippen molar-refractivity contribution in [1.82, 2.24) is 9.88 Å². The molecule has 9 heteroatoms. The number of nitriles is 1. The van der Waals surface area contributed by atoms with E-state index in [9.17, 15) is 9.59 Å². The van der Waals surface area contributed by atoms with Crippen LogP contribution in [0.25, 0.3) is 0 Å². The van der Waals surface area contributed by atoms with Gasteiger partial charge in [0.05, 0.1) is 27.9 Å². The molecule has 0 saturated carbocycles. The molecule has 3 rings (SSSR count). The molecule has 1 aromatic heterocycles. The van der Waals surface area contributed by atoms with E-state index in [4.69, 9.17) is 16.9 Å². The molecule has 0 aliphatic heterocycles. The molecule has 1 heterocycles. The maximum absolute atomic E-state index is 12.5.